The number of esters is 1. The lowest BCUT2D eigenvalue weighted by Crippen LogP contribution is -2.51. The summed E-state index contributed by atoms with van der Waals surface area (Å²) in [5, 5.41) is 2.52. The van der Waals surface area contributed by atoms with Gasteiger partial charge in [-0.1, -0.05) is 29.8 Å². The van der Waals surface area contributed by atoms with Crippen LogP contribution in [0.5, 0.6) is 0 Å². The van der Waals surface area contributed by atoms with Gasteiger partial charge in [0.2, 0.25) is 0 Å². The molecule has 1 aromatic heterocycles. The number of carbonyl (C=O) groups excluding carboxylic acids is 2. The van der Waals surface area contributed by atoms with E-state index in [1.54, 1.807) is 12.1 Å². The minimum atomic E-state index is -0.485. The minimum absolute atomic E-state index is 0.0516. The second kappa shape index (κ2) is 7.99. The molecule has 0 aliphatic carbocycles. The van der Waals surface area contributed by atoms with E-state index in [9.17, 15) is 9.59 Å². The van der Waals surface area contributed by atoms with Crippen LogP contribution in [-0.2, 0) is 9.53 Å². The fourth-order valence-electron chi connectivity index (χ4n) is 2.99. The Bertz CT molecular complexity index is 725. The van der Waals surface area contributed by atoms with Crippen molar-refractivity contribution in [3.8, 4) is 0 Å². The number of amides is 1. The third-order valence-electron chi connectivity index (χ3n) is 4.31. The van der Waals surface area contributed by atoms with Crippen molar-refractivity contribution >= 4 is 34.8 Å². The molecule has 5 nitrogen and oxygen atoms in total. The Morgan fingerprint density at radius 2 is 1.80 bits per heavy atom. The van der Waals surface area contributed by atoms with Gasteiger partial charge >= 0.3 is 5.97 Å². The van der Waals surface area contributed by atoms with Crippen molar-refractivity contribution in [2.24, 2.45) is 0 Å². The molecule has 1 saturated heterocycles. The maximum atomic E-state index is 12.4. The Balaban J connectivity index is 1.71. The van der Waals surface area contributed by atoms with Crippen molar-refractivity contribution in [1.82, 2.24) is 9.80 Å². The minimum Gasteiger partial charge on any atom is -0.468 e. The van der Waals surface area contributed by atoms with Gasteiger partial charge in [0.15, 0.2) is 0 Å². The number of nitrogens with zero attached hydrogens (tertiary/aromatic N) is 2. The quantitative estimate of drug-likeness (QED) is 0.767. The summed E-state index contributed by atoms with van der Waals surface area (Å²) in [5.74, 6) is -0.254. The van der Waals surface area contributed by atoms with Crippen molar-refractivity contribution in [3.63, 3.8) is 0 Å². The van der Waals surface area contributed by atoms with Gasteiger partial charge in [-0.3, -0.25) is 9.69 Å². The molecule has 0 unspecified atom stereocenters. The molecule has 1 aliphatic rings. The average Bonchev–Trinajstić information content (AvgIpc) is 3.18. The standard InChI is InChI=1S/C18H19ClN2O3S/c1-24-18(23)16(13-4-6-14(19)7-5-13)20-8-10-21(11-9-20)17(22)15-3-2-12-25-15/h2-7,12,16H,8-11H2,1H3/t16-/m0/s1. The number of benzene rings is 1. The average molecular weight is 379 g/mol. The van der Waals surface area contributed by atoms with Gasteiger partial charge in [0.1, 0.15) is 6.04 Å². The van der Waals surface area contributed by atoms with Crippen molar-refractivity contribution in [3.05, 3.63) is 57.2 Å². The predicted molar refractivity (Wildman–Crippen MR) is 98.0 cm³/mol. The normalized spacial score (nSPS) is 16.5. The fourth-order valence-corrected chi connectivity index (χ4v) is 3.81. The Labute approximate surface area is 155 Å². The molecule has 1 fully saturated rings. The van der Waals surface area contributed by atoms with Crippen molar-refractivity contribution in [2.75, 3.05) is 33.3 Å². The van der Waals surface area contributed by atoms with Crippen LogP contribution in [0, 0.1) is 0 Å². The van der Waals surface area contributed by atoms with Crippen LogP contribution in [0.1, 0.15) is 21.3 Å². The van der Waals surface area contributed by atoms with E-state index in [4.69, 9.17) is 16.3 Å². The van der Waals surface area contributed by atoms with Crippen molar-refractivity contribution in [2.45, 2.75) is 6.04 Å². The van der Waals surface area contributed by atoms with Gasteiger partial charge < -0.3 is 9.64 Å². The van der Waals surface area contributed by atoms with Crippen LogP contribution >= 0.6 is 22.9 Å². The van der Waals surface area contributed by atoms with Crippen LogP contribution in [0.4, 0.5) is 0 Å². The second-order valence-electron chi connectivity index (χ2n) is 5.78. The third kappa shape index (κ3) is 4.03. The lowest BCUT2D eigenvalue weighted by molar-refractivity contribution is -0.148. The van der Waals surface area contributed by atoms with Gasteiger partial charge in [0, 0.05) is 31.2 Å². The summed E-state index contributed by atoms with van der Waals surface area (Å²) in [6.07, 6.45) is 0. The topological polar surface area (TPSA) is 49.9 Å². The second-order valence-corrected chi connectivity index (χ2v) is 7.17. The number of piperazine rings is 1. The number of methoxy groups -OCH3 is 1. The van der Waals surface area contributed by atoms with Gasteiger partial charge in [0.25, 0.3) is 5.91 Å². The number of carbonyl (C=O) groups is 2. The molecule has 0 radical (unpaired) electrons. The molecule has 1 aromatic carbocycles. The van der Waals surface area contributed by atoms with Gasteiger partial charge in [0.05, 0.1) is 12.0 Å². The maximum Gasteiger partial charge on any atom is 0.327 e. The molecule has 2 aromatic rings. The zero-order chi connectivity index (χ0) is 17.8. The van der Waals surface area contributed by atoms with E-state index in [0.29, 0.717) is 31.2 Å². The summed E-state index contributed by atoms with van der Waals surface area (Å²) in [6, 6.07) is 10.4. The van der Waals surface area contributed by atoms with E-state index in [0.717, 1.165) is 10.4 Å². The van der Waals surface area contributed by atoms with Gasteiger partial charge in [-0.05, 0) is 29.1 Å². The number of rotatable bonds is 4. The SMILES string of the molecule is COC(=O)[C@H](c1ccc(Cl)cc1)N1CCN(C(=O)c2cccs2)CC1. The number of thiophene rings is 1. The van der Waals surface area contributed by atoms with E-state index < -0.39 is 6.04 Å². The summed E-state index contributed by atoms with van der Waals surface area (Å²) in [4.78, 5) is 29.4. The summed E-state index contributed by atoms with van der Waals surface area (Å²) in [5.41, 5.74) is 0.842. The monoisotopic (exact) mass is 378 g/mol. The Morgan fingerprint density at radius 3 is 2.36 bits per heavy atom. The molecular weight excluding hydrogens is 360 g/mol. The number of hydrogen-bond acceptors (Lipinski definition) is 5. The summed E-state index contributed by atoms with van der Waals surface area (Å²) < 4.78 is 4.99. The van der Waals surface area contributed by atoms with E-state index in [2.05, 4.69) is 0 Å². The van der Waals surface area contributed by atoms with Crippen LogP contribution in [0.2, 0.25) is 5.02 Å². The number of ether oxygens (including phenoxy) is 1. The first-order chi connectivity index (χ1) is 12.1. The zero-order valence-electron chi connectivity index (χ0n) is 13.9. The van der Waals surface area contributed by atoms with Crippen molar-refractivity contribution in [1.29, 1.82) is 0 Å². The molecule has 2 heterocycles. The molecule has 3 rings (SSSR count). The fraction of sp³-hybridized carbons (Fsp3) is 0.333. The highest BCUT2D eigenvalue weighted by Crippen LogP contribution is 2.25. The molecule has 132 valence electrons. The Morgan fingerprint density at radius 1 is 1.12 bits per heavy atom. The van der Waals surface area contributed by atoms with E-state index in [1.165, 1.54) is 18.4 Å². The van der Waals surface area contributed by atoms with Gasteiger partial charge in [-0.25, -0.2) is 4.79 Å². The highest BCUT2D eigenvalue weighted by molar-refractivity contribution is 7.12. The molecule has 7 heteroatoms. The molecule has 0 N–H and O–H groups in total. The van der Waals surface area contributed by atoms with E-state index in [-0.39, 0.29) is 11.9 Å². The van der Waals surface area contributed by atoms with Crippen LogP contribution in [-0.4, -0.2) is 55.0 Å². The van der Waals surface area contributed by atoms with Crippen LogP contribution in [0.25, 0.3) is 0 Å². The number of halogens is 1. The van der Waals surface area contributed by atoms with Gasteiger partial charge in [-0.15, -0.1) is 11.3 Å². The molecule has 0 spiro atoms. The lowest BCUT2D eigenvalue weighted by atomic mass is 10.0. The third-order valence-corrected chi connectivity index (χ3v) is 5.42. The number of hydrogen-bond donors (Lipinski definition) is 0. The highest BCUT2D eigenvalue weighted by atomic mass is 35.5. The maximum absolute atomic E-state index is 12.4. The molecule has 1 aliphatic heterocycles. The molecule has 0 bridgehead atoms. The summed E-state index contributed by atoms with van der Waals surface area (Å²) in [6.45, 7) is 2.38. The first-order valence-electron chi connectivity index (χ1n) is 8.00. The largest absolute Gasteiger partial charge is 0.468 e. The molecular formula is C18H19ClN2O3S. The Hall–Kier alpha value is -1.89. The molecule has 1 atom stereocenters. The summed E-state index contributed by atoms with van der Waals surface area (Å²) in [7, 11) is 1.39. The van der Waals surface area contributed by atoms with E-state index in [1.807, 2.05) is 39.4 Å². The lowest BCUT2D eigenvalue weighted by Gasteiger charge is -2.38. The Kier molecular flexibility index (Phi) is 5.73. The predicted octanol–water partition coefficient (Wildman–Crippen LogP) is 3.07. The van der Waals surface area contributed by atoms with Crippen LogP contribution in [0.15, 0.2) is 41.8 Å². The highest BCUT2D eigenvalue weighted by Gasteiger charge is 2.32. The van der Waals surface area contributed by atoms with Crippen LogP contribution < -0.4 is 0 Å². The molecule has 25 heavy (non-hydrogen) atoms. The first kappa shape index (κ1) is 17.9. The smallest absolute Gasteiger partial charge is 0.327 e. The zero-order valence-corrected chi connectivity index (χ0v) is 15.4. The van der Waals surface area contributed by atoms with Crippen LogP contribution in [0.3, 0.4) is 0 Å². The first-order valence-corrected chi connectivity index (χ1v) is 9.26. The van der Waals surface area contributed by atoms with Crippen molar-refractivity contribution < 1.29 is 14.3 Å². The molecule has 0 saturated carbocycles. The van der Waals surface area contributed by atoms with E-state index >= 15 is 0 Å². The summed E-state index contributed by atoms with van der Waals surface area (Å²) >= 11 is 7.39. The molecule has 1 amide bonds. The van der Waals surface area contributed by atoms with Gasteiger partial charge in [-0.2, -0.15) is 0 Å².